The summed E-state index contributed by atoms with van der Waals surface area (Å²) in [4.78, 5) is 7.39. The summed E-state index contributed by atoms with van der Waals surface area (Å²) in [5, 5.41) is 6.99. The Hall–Kier alpha value is -1.68. The summed E-state index contributed by atoms with van der Waals surface area (Å²) in [6, 6.07) is 8.89. The third-order valence-corrected chi connectivity index (χ3v) is 4.15. The highest BCUT2D eigenvalue weighted by molar-refractivity contribution is 5.53. The second kappa shape index (κ2) is 5.75. The van der Waals surface area contributed by atoms with E-state index in [2.05, 4.69) is 41.1 Å². The molecule has 1 aliphatic rings. The number of aromatic nitrogens is 3. The summed E-state index contributed by atoms with van der Waals surface area (Å²) in [5.74, 6) is 0.550. The molecule has 1 fully saturated rings. The zero-order valence-corrected chi connectivity index (χ0v) is 12.2. The molecule has 4 heteroatoms. The maximum atomic E-state index is 4.83. The average molecular weight is 270 g/mol. The van der Waals surface area contributed by atoms with Crippen LogP contribution >= 0.6 is 0 Å². The first-order valence-electron chi connectivity index (χ1n) is 7.45. The van der Waals surface area contributed by atoms with E-state index in [1.165, 1.54) is 25.1 Å². The van der Waals surface area contributed by atoms with Crippen LogP contribution in [0.4, 0.5) is 0 Å². The minimum atomic E-state index is 0.550. The van der Waals surface area contributed by atoms with Crippen molar-refractivity contribution in [1.82, 2.24) is 20.1 Å². The zero-order chi connectivity index (χ0) is 13.9. The molecule has 0 bridgehead atoms. The van der Waals surface area contributed by atoms with Crippen LogP contribution in [0.1, 0.15) is 38.3 Å². The first-order valence-corrected chi connectivity index (χ1v) is 7.45. The number of rotatable bonds is 3. The van der Waals surface area contributed by atoms with Gasteiger partial charge in [0.05, 0.1) is 11.4 Å². The number of piperidine rings is 1. The third-order valence-electron chi connectivity index (χ3n) is 4.15. The van der Waals surface area contributed by atoms with Gasteiger partial charge >= 0.3 is 0 Å². The lowest BCUT2D eigenvalue weighted by molar-refractivity contribution is 0.166. The van der Waals surface area contributed by atoms with Gasteiger partial charge in [-0.25, -0.2) is 0 Å². The van der Waals surface area contributed by atoms with E-state index in [4.69, 9.17) is 4.98 Å². The van der Waals surface area contributed by atoms with Gasteiger partial charge in [0.25, 0.3) is 0 Å². The van der Waals surface area contributed by atoms with E-state index in [1.807, 2.05) is 12.1 Å². The highest BCUT2D eigenvalue weighted by Gasteiger charge is 2.23. The Balaban J connectivity index is 1.81. The molecule has 20 heavy (non-hydrogen) atoms. The fourth-order valence-corrected chi connectivity index (χ4v) is 2.94. The van der Waals surface area contributed by atoms with Crippen molar-refractivity contribution in [2.45, 2.75) is 38.6 Å². The minimum Gasteiger partial charge on any atom is -0.300 e. The Labute approximate surface area is 120 Å². The van der Waals surface area contributed by atoms with Crippen molar-refractivity contribution >= 4 is 0 Å². The van der Waals surface area contributed by atoms with Crippen molar-refractivity contribution in [1.29, 1.82) is 0 Å². The molecule has 3 heterocycles. The summed E-state index contributed by atoms with van der Waals surface area (Å²) in [7, 11) is 0. The van der Waals surface area contributed by atoms with Crippen molar-refractivity contribution in [3.8, 4) is 11.4 Å². The number of hydrogen-bond acceptors (Lipinski definition) is 3. The lowest BCUT2D eigenvalue weighted by Crippen LogP contribution is -2.39. The van der Waals surface area contributed by atoms with Gasteiger partial charge in [-0.3, -0.25) is 10.1 Å². The van der Waals surface area contributed by atoms with Crippen LogP contribution in [0.3, 0.4) is 0 Å². The minimum absolute atomic E-state index is 0.550. The molecule has 0 saturated carbocycles. The molecule has 3 rings (SSSR count). The Morgan fingerprint density at radius 1 is 1.30 bits per heavy atom. The first-order chi connectivity index (χ1) is 9.74. The summed E-state index contributed by atoms with van der Waals surface area (Å²) < 4.78 is 0. The van der Waals surface area contributed by atoms with Gasteiger partial charge in [0.2, 0.25) is 0 Å². The SMILES string of the molecule is CC(C)N1CCC[C@@H](c2cccc(-c3ccn[nH]3)n2)C1. The van der Waals surface area contributed by atoms with Crippen LogP contribution in [0.15, 0.2) is 30.5 Å². The first kappa shape index (κ1) is 13.3. The fraction of sp³-hybridized carbons (Fsp3) is 0.500. The van der Waals surface area contributed by atoms with Crippen LogP contribution < -0.4 is 0 Å². The predicted molar refractivity (Wildman–Crippen MR) is 80.5 cm³/mol. The highest BCUT2D eigenvalue weighted by atomic mass is 15.2. The molecule has 0 aliphatic carbocycles. The second-order valence-electron chi connectivity index (χ2n) is 5.85. The maximum absolute atomic E-state index is 4.83. The van der Waals surface area contributed by atoms with Gasteiger partial charge in [0, 0.05) is 30.4 Å². The number of nitrogens with one attached hydrogen (secondary N) is 1. The van der Waals surface area contributed by atoms with Crippen LogP contribution in [-0.4, -0.2) is 39.2 Å². The predicted octanol–water partition coefficient (Wildman–Crippen LogP) is 3.06. The summed E-state index contributed by atoms with van der Waals surface area (Å²) >= 11 is 0. The fourth-order valence-electron chi connectivity index (χ4n) is 2.94. The van der Waals surface area contributed by atoms with Crippen LogP contribution in [0.5, 0.6) is 0 Å². The number of H-pyrrole nitrogens is 1. The van der Waals surface area contributed by atoms with Crippen molar-refractivity contribution < 1.29 is 0 Å². The van der Waals surface area contributed by atoms with Crippen molar-refractivity contribution in [3.63, 3.8) is 0 Å². The van der Waals surface area contributed by atoms with E-state index in [-0.39, 0.29) is 0 Å². The molecule has 0 unspecified atom stereocenters. The molecule has 0 spiro atoms. The molecule has 0 aromatic carbocycles. The van der Waals surface area contributed by atoms with Crippen molar-refractivity contribution in [3.05, 3.63) is 36.2 Å². The molecular formula is C16H22N4. The number of aromatic amines is 1. The van der Waals surface area contributed by atoms with Gasteiger partial charge in [-0.1, -0.05) is 6.07 Å². The largest absolute Gasteiger partial charge is 0.300 e. The van der Waals surface area contributed by atoms with E-state index in [9.17, 15) is 0 Å². The molecule has 0 amide bonds. The van der Waals surface area contributed by atoms with E-state index in [0.29, 0.717) is 12.0 Å². The highest BCUT2D eigenvalue weighted by Crippen LogP contribution is 2.28. The lowest BCUT2D eigenvalue weighted by Gasteiger charge is -2.35. The molecule has 1 atom stereocenters. The lowest BCUT2D eigenvalue weighted by atomic mass is 9.93. The smallest absolute Gasteiger partial charge is 0.0883 e. The van der Waals surface area contributed by atoms with Gasteiger partial charge < -0.3 is 4.90 Å². The van der Waals surface area contributed by atoms with E-state index in [1.54, 1.807) is 6.20 Å². The Bertz CT molecular complexity index is 547. The van der Waals surface area contributed by atoms with Gasteiger partial charge in [-0.15, -0.1) is 0 Å². The summed E-state index contributed by atoms with van der Waals surface area (Å²) in [5.41, 5.74) is 3.19. The molecule has 2 aromatic rings. The Kier molecular flexibility index (Phi) is 3.83. The average Bonchev–Trinajstić information content (AvgIpc) is 3.02. The molecule has 1 saturated heterocycles. The Morgan fingerprint density at radius 2 is 2.20 bits per heavy atom. The standard InChI is InChI=1S/C16H22N4/c1-12(2)20-10-4-5-13(11-20)14-6-3-7-15(18-14)16-8-9-17-19-16/h3,6-9,12-13H,4-5,10-11H2,1-2H3,(H,17,19)/t13-/m1/s1. The topological polar surface area (TPSA) is 44.8 Å². The number of likely N-dealkylation sites (tertiary alicyclic amines) is 1. The quantitative estimate of drug-likeness (QED) is 0.932. The molecule has 4 nitrogen and oxygen atoms in total. The van der Waals surface area contributed by atoms with E-state index in [0.717, 1.165) is 17.9 Å². The van der Waals surface area contributed by atoms with Crippen LogP contribution in [0.2, 0.25) is 0 Å². The van der Waals surface area contributed by atoms with Gasteiger partial charge in [-0.2, -0.15) is 5.10 Å². The number of hydrogen-bond donors (Lipinski definition) is 1. The molecule has 1 N–H and O–H groups in total. The number of pyridine rings is 1. The van der Waals surface area contributed by atoms with Crippen molar-refractivity contribution in [2.75, 3.05) is 13.1 Å². The molecule has 1 aliphatic heterocycles. The second-order valence-corrected chi connectivity index (χ2v) is 5.85. The van der Waals surface area contributed by atoms with Crippen molar-refractivity contribution in [2.24, 2.45) is 0 Å². The number of nitrogens with zero attached hydrogens (tertiary/aromatic N) is 3. The van der Waals surface area contributed by atoms with Gasteiger partial charge in [-0.05, 0) is 51.4 Å². The summed E-state index contributed by atoms with van der Waals surface area (Å²) in [6.07, 6.45) is 4.27. The molecular weight excluding hydrogens is 248 g/mol. The van der Waals surface area contributed by atoms with Gasteiger partial charge in [0.1, 0.15) is 0 Å². The van der Waals surface area contributed by atoms with Crippen LogP contribution in [0.25, 0.3) is 11.4 Å². The molecule has 106 valence electrons. The molecule has 0 radical (unpaired) electrons. The van der Waals surface area contributed by atoms with E-state index >= 15 is 0 Å². The van der Waals surface area contributed by atoms with Crippen LogP contribution in [-0.2, 0) is 0 Å². The normalized spacial score (nSPS) is 20.4. The zero-order valence-electron chi connectivity index (χ0n) is 12.2. The maximum Gasteiger partial charge on any atom is 0.0883 e. The van der Waals surface area contributed by atoms with Gasteiger partial charge in [0.15, 0.2) is 0 Å². The van der Waals surface area contributed by atoms with Crippen LogP contribution in [0, 0.1) is 0 Å². The molecule has 2 aromatic heterocycles. The summed E-state index contributed by atoms with van der Waals surface area (Å²) in [6.45, 7) is 6.89. The third kappa shape index (κ3) is 2.75. The van der Waals surface area contributed by atoms with E-state index < -0.39 is 0 Å². The Morgan fingerprint density at radius 3 is 2.95 bits per heavy atom. The monoisotopic (exact) mass is 270 g/mol.